The fraction of sp³-hybridized carbons (Fsp3) is 0.533. The molecule has 2 fully saturated rings. The monoisotopic (exact) mass is 290 g/mol. The van der Waals surface area contributed by atoms with Crippen LogP contribution in [0.15, 0.2) is 12.3 Å². The number of aliphatic hydroxyl groups is 1. The Labute approximate surface area is 122 Å². The molecule has 6 nitrogen and oxygen atoms in total. The Morgan fingerprint density at radius 3 is 2.76 bits per heavy atom. The van der Waals surface area contributed by atoms with E-state index in [1.165, 1.54) is 11.1 Å². The van der Waals surface area contributed by atoms with Gasteiger partial charge >= 0.3 is 5.97 Å². The number of piperidine rings is 1. The summed E-state index contributed by atoms with van der Waals surface area (Å²) in [6.07, 6.45) is 2.07. The molecule has 0 radical (unpaired) electrons. The molecule has 1 aliphatic carbocycles. The molecular formula is C15H18N2O4. The van der Waals surface area contributed by atoms with Crippen molar-refractivity contribution < 1.29 is 19.8 Å². The third-order valence-electron chi connectivity index (χ3n) is 4.38. The van der Waals surface area contributed by atoms with Gasteiger partial charge in [-0.05, 0) is 38.7 Å². The van der Waals surface area contributed by atoms with Gasteiger partial charge in [-0.3, -0.25) is 9.78 Å². The molecule has 0 aromatic carbocycles. The maximum absolute atomic E-state index is 12.8. The summed E-state index contributed by atoms with van der Waals surface area (Å²) >= 11 is 0. The van der Waals surface area contributed by atoms with Crippen LogP contribution in [-0.4, -0.2) is 44.1 Å². The van der Waals surface area contributed by atoms with E-state index in [9.17, 15) is 19.8 Å². The lowest BCUT2D eigenvalue weighted by Crippen LogP contribution is -2.43. The number of likely N-dealkylation sites (tertiary alicyclic amines) is 1. The van der Waals surface area contributed by atoms with Crippen LogP contribution in [-0.2, 0) is 4.79 Å². The first-order valence-electron chi connectivity index (χ1n) is 7.10. The number of carbonyl (C=O) groups is 2. The molecule has 2 N–H and O–H groups in total. The highest BCUT2D eigenvalue weighted by molar-refractivity contribution is 5.99. The van der Waals surface area contributed by atoms with E-state index in [2.05, 4.69) is 4.98 Å². The number of hydrogen-bond donors (Lipinski definition) is 2. The van der Waals surface area contributed by atoms with E-state index in [0.29, 0.717) is 29.2 Å². The molecule has 3 rings (SSSR count). The number of aromatic nitrogens is 1. The molecule has 0 bridgehead atoms. The SMILES string of the molecule is Cc1cc(C(=O)N2C(C(=O)O)CC3CC32)c(C(C)O)cn1. The van der Waals surface area contributed by atoms with E-state index in [1.54, 1.807) is 19.9 Å². The summed E-state index contributed by atoms with van der Waals surface area (Å²) in [6.45, 7) is 3.34. The Bertz CT molecular complexity index is 614. The molecule has 4 atom stereocenters. The number of amides is 1. The van der Waals surface area contributed by atoms with Crippen LogP contribution in [0.5, 0.6) is 0 Å². The molecule has 4 unspecified atom stereocenters. The standard InChI is InChI=1S/C15H18N2O4/c1-7-3-10(11(6-16-7)8(2)18)14(19)17-12-4-9(12)5-13(17)15(20)21/h3,6,8-9,12-13,18H,4-5H2,1-2H3,(H,20,21). The van der Waals surface area contributed by atoms with Crippen LogP contribution < -0.4 is 0 Å². The lowest BCUT2D eigenvalue weighted by molar-refractivity contribution is -0.141. The Hall–Kier alpha value is -1.95. The number of pyridine rings is 1. The van der Waals surface area contributed by atoms with E-state index in [4.69, 9.17) is 0 Å². The second-order valence-electron chi connectivity index (χ2n) is 5.95. The zero-order valence-corrected chi connectivity index (χ0v) is 12.0. The largest absolute Gasteiger partial charge is 0.480 e. The molecule has 1 aromatic heterocycles. The van der Waals surface area contributed by atoms with Crippen LogP contribution in [0.2, 0.25) is 0 Å². The van der Waals surface area contributed by atoms with Crippen LogP contribution in [0.3, 0.4) is 0 Å². The zero-order chi connectivity index (χ0) is 15.3. The number of carboxylic acid groups (broad SMARTS) is 1. The summed E-state index contributed by atoms with van der Waals surface area (Å²) < 4.78 is 0. The number of rotatable bonds is 3. The van der Waals surface area contributed by atoms with Crippen molar-refractivity contribution in [3.05, 3.63) is 29.1 Å². The van der Waals surface area contributed by atoms with Crippen LogP contribution >= 0.6 is 0 Å². The summed E-state index contributed by atoms with van der Waals surface area (Å²) in [5.41, 5.74) is 1.47. The van der Waals surface area contributed by atoms with Gasteiger partial charge in [0.2, 0.25) is 0 Å². The lowest BCUT2D eigenvalue weighted by atomic mass is 10.0. The molecule has 1 aromatic rings. The quantitative estimate of drug-likeness (QED) is 0.871. The minimum atomic E-state index is -0.958. The lowest BCUT2D eigenvalue weighted by Gasteiger charge is -2.26. The Balaban J connectivity index is 1.98. The fourth-order valence-electron chi connectivity index (χ4n) is 3.20. The van der Waals surface area contributed by atoms with E-state index in [1.807, 2.05) is 0 Å². The normalized spacial score (nSPS) is 28.1. The van der Waals surface area contributed by atoms with Crippen LogP contribution in [0, 0.1) is 12.8 Å². The Morgan fingerprint density at radius 1 is 1.43 bits per heavy atom. The van der Waals surface area contributed by atoms with Crippen molar-refractivity contribution in [1.29, 1.82) is 0 Å². The number of carbonyl (C=O) groups excluding carboxylic acids is 1. The number of fused-ring (bicyclic) bond motifs is 1. The van der Waals surface area contributed by atoms with E-state index >= 15 is 0 Å². The average molecular weight is 290 g/mol. The predicted octanol–water partition coefficient (Wildman–Crippen LogP) is 1.13. The highest BCUT2D eigenvalue weighted by Gasteiger charge is 2.56. The third kappa shape index (κ3) is 2.29. The number of aliphatic hydroxyl groups excluding tert-OH is 1. The van der Waals surface area contributed by atoms with Crippen molar-refractivity contribution in [2.24, 2.45) is 5.92 Å². The second kappa shape index (κ2) is 4.80. The Kier molecular flexibility index (Phi) is 3.20. The molecule has 2 aliphatic rings. The topological polar surface area (TPSA) is 90.7 Å². The maximum atomic E-state index is 12.8. The van der Waals surface area contributed by atoms with Crippen molar-refractivity contribution in [1.82, 2.24) is 9.88 Å². The van der Waals surface area contributed by atoms with Gasteiger partial charge in [0, 0.05) is 29.1 Å². The number of carboxylic acids is 1. The van der Waals surface area contributed by atoms with Crippen molar-refractivity contribution in [2.75, 3.05) is 0 Å². The highest BCUT2D eigenvalue weighted by Crippen LogP contribution is 2.48. The molecule has 1 amide bonds. The van der Waals surface area contributed by atoms with Gasteiger partial charge in [0.1, 0.15) is 6.04 Å². The van der Waals surface area contributed by atoms with Gasteiger partial charge in [-0.1, -0.05) is 0 Å². The summed E-state index contributed by atoms with van der Waals surface area (Å²) in [5.74, 6) is -0.957. The number of hydrogen-bond acceptors (Lipinski definition) is 4. The third-order valence-corrected chi connectivity index (χ3v) is 4.38. The van der Waals surface area contributed by atoms with Gasteiger partial charge in [0.05, 0.1) is 6.10 Å². The van der Waals surface area contributed by atoms with Crippen LogP contribution in [0.4, 0.5) is 0 Å². The fourth-order valence-corrected chi connectivity index (χ4v) is 3.20. The van der Waals surface area contributed by atoms with Crippen LogP contribution in [0.1, 0.15) is 47.5 Å². The maximum Gasteiger partial charge on any atom is 0.326 e. The minimum absolute atomic E-state index is 0.0360. The van der Waals surface area contributed by atoms with Crippen molar-refractivity contribution in [3.8, 4) is 0 Å². The molecule has 1 saturated carbocycles. The number of nitrogens with zero attached hydrogens (tertiary/aromatic N) is 2. The molecule has 2 heterocycles. The van der Waals surface area contributed by atoms with Gasteiger partial charge in [0.25, 0.3) is 5.91 Å². The average Bonchev–Trinajstić information content (AvgIpc) is 3.08. The van der Waals surface area contributed by atoms with Crippen LogP contribution in [0.25, 0.3) is 0 Å². The first kappa shape index (κ1) is 14.0. The van der Waals surface area contributed by atoms with Gasteiger partial charge in [-0.15, -0.1) is 0 Å². The molecule has 0 spiro atoms. The smallest absolute Gasteiger partial charge is 0.326 e. The zero-order valence-electron chi connectivity index (χ0n) is 12.0. The molecule has 1 saturated heterocycles. The van der Waals surface area contributed by atoms with E-state index in [-0.39, 0.29) is 11.9 Å². The molecule has 21 heavy (non-hydrogen) atoms. The second-order valence-corrected chi connectivity index (χ2v) is 5.95. The molecule has 112 valence electrons. The van der Waals surface area contributed by atoms with Crippen molar-refractivity contribution >= 4 is 11.9 Å². The molecule has 6 heteroatoms. The first-order chi connectivity index (χ1) is 9.90. The Morgan fingerprint density at radius 2 is 2.14 bits per heavy atom. The highest BCUT2D eigenvalue weighted by atomic mass is 16.4. The summed E-state index contributed by atoms with van der Waals surface area (Å²) in [7, 11) is 0. The summed E-state index contributed by atoms with van der Waals surface area (Å²) in [5, 5.41) is 19.1. The minimum Gasteiger partial charge on any atom is -0.480 e. The number of aliphatic carboxylic acids is 1. The van der Waals surface area contributed by atoms with Crippen molar-refractivity contribution in [2.45, 2.75) is 44.9 Å². The van der Waals surface area contributed by atoms with Gasteiger partial charge < -0.3 is 15.1 Å². The van der Waals surface area contributed by atoms with Gasteiger partial charge in [-0.2, -0.15) is 0 Å². The summed E-state index contributed by atoms with van der Waals surface area (Å²) in [4.78, 5) is 29.7. The van der Waals surface area contributed by atoms with E-state index < -0.39 is 18.1 Å². The van der Waals surface area contributed by atoms with Gasteiger partial charge in [-0.25, -0.2) is 4.79 Å². The first-order valence-corrected chi connectivity index (χ1v) is 7.10. The van der Waals surface area contributed by atoms with Crippen molar-refractivity contribution in [3.63, 3.8) is 0 Å². The van der Waals surface area contributed by atoms with Gasteiger partial charge in [0.15, 0.2) is 0 Å². The molecule has 1 aliphatic heterocycles. The van der Waals surface area contributed by atoms with E-state index in [0.717, 1.165) is 6.42 Å². The summed E-state index contributed by atoms with van der Waals surface area (Å²) in [6, 6.07) is 0.907. The number of aryl methyl sites for hydroxylation is 1. The predicted molar refractivity (Wildman–Crippen MR) is 73.7 cm³/mol. The molecular weight excluding hydrogens is 272 g/mol.